The van der Waals surface area contributed by atoms with Crippen LogP contribution >= 0.6 is 22.9 Å². The first-order valence-corrected chi connectivity index (χ1v) is 5.94. The van der Waals surface area contributed by atoms with Gasteiger partial charge in [0.25, 0.3) is 0 Å². The van der Waals surface area contributed by atoms with Crippen LogP contribution in [0.4, 0.5) is 5.00 Å². The highest BCUT2D eigenvalue weighted by molar-refractivity contribution is 7.19. The van der Waals surface area contributed by atoms with Crippen molar-refractivity contribution in [1.29, 1.82) is 0 Å². The molecule has 0 bridgehead atoms. The van der Waals surface area contributed by atoms with Crippen LogP contribution in [0.25, 0.3) is 10.6 Å². The molecule has 17 heavy (non-hydrogen) atoms. The molecule has 0 saturated heterocycles. The first kappa shape index (κ1) is 11.9. The van der Waals surface area contributed by atoms with Gasteiger partial charge in [-0.2, -0.15) is 0 Å². The number of hydrogen-bond acceptors (Lipinski definition) is 4. The summed E-state index contributed by atoms with van der Waals surface area (Å²) in [6, 6.07) is 5.45. The van der Waals surface area contributed by atoms with Crippen LogP contribution < -0.4 is 5.73 Å². The second kappa shape index (κ2) is 4.35. The Hall–Kier alpha value is -1.59. The summed E-state index contributed by atoms with van der Waals surface area (Å²) in [5, 5.41) is 10.2. The number of aromatic carboxylic acids is 1. The minimum Gasteiger partial charge on any atom is -0.476 e. The summed E-state index contributed by atoms with van der Waals surface area (Å²) >= 11 is 7.14. The van der Waals surface area contributed by atoms with Crippen LogP contribution in [0.1, 0.15) is 16.1 Å². The fourth-order valence-corrected chi connectivity index (χ4v) is 2.33. The zero-order valence-electron chi connectivity index (χ0n) is 8.90. The van der Waals surface area contributed by atoms with Crippen molar-refractivity contribution in [1.82, 2.24) is 4.98 Å². The van der Waals surface area contributed by atoms with Gasteiger partial charge in [-0.25, -0.2) is 9.78 Å². The van der Waals surface area contributed by atoms with E-state index in [1.165, 1.54) is 0 Å². The normalized spacial score (nSPS) is 10.5. The Morgan fingerprint density at radius 2 is 2.24 bits per heavy atom. The van der Waals surface area contributed by atoms with Crippen LogP contribution in [0, 0.1) is 6.92 Å². The molecule has 1 heterocycles. The van der Waals surface area contributed by atoms with Gasteiger partial charge in [0.05, 0.1) is 0 Å². The van der Waals surface area contributed by atoms with Crippen molar-refractivity contribution in [3.05, 3.63) is 34.5 Å². The molecule has 0 aliphatic rings. The summed E-state index contributed by atoms with van der Waals surface area (Å²) in [5.74, 6) is -1.12. The van der Waals surface area contributed by atoms with Crippen molar-refractivity contribution in [2.24, 2.45) is 0 Å². The molecule has 0 amide bonds. The number of aryl methyl sites for hydroxylation is 1. The average molecular weight is 269 g/mol. The average Bonchev–Trinajstić information content (AvgIpc) is 2.64. The zero-order chi connectivity index (χ0) is 12.6. The second-order valence-corrected chi connectivity index (χ2v) is 4.94. The Labute approximate surface area is 107 Å². The number of nitrogens with two attached hydrogens (primary N) is 1. The molecule has 2 rings (SSSR count). The minimum absolute atomic E-state index is 0.110. The Kier molecular flexibility index (Phi) is 3.04. The maximum absolute atomic E-state index is 10.8. The van der Waals surface area contributed by atoms with Gasteiger partial charge < -0.3 is 10.8 Å². The van der Waals surface area contributed by atoms with Gasteiger partial charge in [0.15, 0.2) is 5.69 Å². The molecule has 0 atom stereocenters. The lowest BCUT2D eigenvalue weighted by molar-refractivity contribution is 0.0692. The van der Waals surface area contributed by atoms with Gasteiger partial charge in [0.2, 0.25) is 0 Å². The standard InChI is InChI=1S/C11H9ClN2O2S/c1-5-2-3-6(4-7(5)12)10-14-8(11(15)16)9(13)17-10/h2-4H,13H2,1H3,(H,15,16). The number of aromatic nitrogens is 1. The number of halogens is 1. The number of carboxylic acids is 1. The molecule has 0 radical (unpaired) electrons. The topological polar surface area (TPSA) is 76.2 Å². The molecule has 0 saturated carbocycles. The zero-order valence-corrected chi connectivity index (χ0v) is 10.5. The number of nitrogen functional groups attached to an aromatic ring is 1. The van der Waals surface area contributed by atoms with Crippen molar-refractivity contribution in [3.63, 3.8) is 0 Å². The summed E-state index contributed by atoms with van der Waals surface area (Å²) in [5.41, 5.74) is 7.21. The lowest BCUT2D eigenvalue weighted by Crippen LogP contribution is -2.00. The number of hydrogen-bond donors (Lipinski definition) is 2. The first-order valence-electron chi connectivity index (χ1n) is 4.75. The molecule has 88 valence electrons. The Morgan fingerprint density at radius 1 is 1.53 bits per heavy atom. The Bertz CT molecular complexity index is 595. The van der Waals surface area contributed by atoms with Crippen LogP contribution in [-0.4, -0.2) is 16.1 Å². The summed E-state index contributed by atoms with van der Waals surface area (Å²) in [7, 11) is 0. The monoisotopic (exact) mass is 268 g/mol. The largest absolute Gasteiger partial charge is 0.476 e. The maximum Gasteiger partial charge on any atom is 0.357 e. The fraction of sp³-hybridized carbons (Fsp3) is 0.0909. The van der Waals surface area contributed by atoms with E-state index in [1.54, 1.807) is 6.07 Å². The number of carbonyl (C=O) groups is 1. The number of rotatable bonds is 2. The number of benzene rings is 1. The van der Waals surface area contributed by atoms with Crippen molar-refractivity contribution in [2.75, 3.05) is 5.73 Å². The van der Waals surface area contributed by atoms with Gasteiger partial charge in [-0.3, -0.25) is 0 Å². The van der Waals surface area contributed by atoms with E-state index in [2.05, 4.69) is 4.98 Å². The van der Waals surface area contributed by atoms with Gasteiger partial charge in [-0.05, 0) is 18.6 Å². The highest BCUT2D eigenvalue weighted by Crippen LogP contribution is 2.32. The van der Waals surface area contributed by atoms with Gasteiger partial charge in [0, 0.05) is 10.6 Å². The summed E-state index contributed by atoms with van der Waals surface area (Å²) < 4.78 is 0. The van der Waals surface area contributed by atoms with Gasteiger partial charge in [0.1, 0.15) is 10.0 Å². The molecule has 1 aromatic carbocycles. The number of thiazole rings is 1. The van der Waals surface area contributed by atoms with Crippen molar-refractivity contribution < 1.29 is 9.90 Å². The van der Waals surface area contributed by atoms with Crippen LogP contribution in [0.3, 0.4) is 0 Å². The maximum atomic E-state index is 10.8. The van der Waals surface area contributed by atoms with Crippen molar-refractivity contribution >= 4 is 33.9 Å². The molecular formula is C11H9ClN2O2S. The van der Waals surface area contributed by atoms with E-state index >= 15 is 0 Å². The third-order valence-electron chi connectivity index (χ3n) is 2.27. The minimum atomic E-state index is -1.12. The van der Waals surface area contributed by atoms with E-state index in [4.69, 9.17) is 22.4 Å². The van der Waals surface area contributed by atoms with E-state index in [0.29, 0.717) is 10.0 Å². The van der Waals surface area contributed by atoms with E-state index in [0.717, 1.165) is 22.5 Å². The Balaban J connectivity index is 2.50. The molecule has 0 aliphatic carbocycles. The van der Waals surface area contributed by atoms with Crippen molar-refractivity contribution in [2.45, 2.75) is 6.92 Å². The molecule has 0 aliphatic heterocycles. The van der Waals surface area contributed by atoms with E-state index in [-0.39, 0.29) is 10.7 Å². The molecule has 4 nitrogen and oxygen atoms in total. The van der Waals surface area contributed by atoms with E-state index < -0.39 is 5.97 Å². The quantitative estimate of drug-likeness (QED) is 0.878. The molecule has 0 fully saturated rings. The fourth-order valence-electron chi connectivity index (χ4n) is 1.33. The van der Waals surface area contributed by atoms with Gasteiger partial charge >= 0.3 is 5.97 Å². The number of nitrogens with zero attached hydrogens (tertiary/aromatic N) is 1. The predicted octanol–water partition coefficient (Wildman–Crippen LogP) is 3.05. The third kappa shape index (κ3) is 2.25. The second-order valence-electron chi connectivity index (χ2n) is 3.50. The van der Waals surface area contributed by atoms with Gasteiger partial charge in [-0.15, -0.1) is 0 Å². The summed E-state index contributed by atoms with van der Waals surface area (Å²) in [6.45, 7) is 1.89. The van der Waals surface area contributed by atoms with E-state index in [1.807, 2.05) is 19.1 Å². The highest BCUT2D eigenvalue weighted by atomic mass is 35.5. The van der Waals surface area contributed by atoms with Crippen LogP contribution in [0.5, 0.6) is 0 Å². The van der Waals surface area contributed by atoms with E-state index in [9.17, 15) is 4.79 Å². The molecule has 1 aromatic heterocycles. The van der Waals surface area contributed by atoms with Gasteiger partial charge in [-0.1, -0.05) is 35.1 Å². The highest BCUT2D eigenvalue weighted by Gasteiger charge is 2.16. The lowest BCUT2D eigenvalue weighted by Gasteiger charge is -2.00. The predicted molar refractivity (Wildman–Crippen MR) is 68.7 cm³/mol. The summed E-state index contributed by atoms with van der Waals surface area (Å²) in [6.07, 6.45) is 0. The smallest absolute Gasteiger partial charge is 0.357 e. The Morgan fingerprint density at radius 3 is 2.76 bits per heavy atom. The molecular weight excluding hydrogens is 260 g/mol. The summed E-state index contributed by atoms with van der Waals surface area (Å²) in [4.78, 5) is 14.8. The van der Waals surface area contributed by atoms with Crippen LogP contribution in [0.15, 0.2) is 18.2 Å². The molecule has 0 unspecified atom stereocenters. The first-order chi connectivity index (χ1) is 7.99. The molecule has 3 N–H and O–H groups in total. The molecule has 6 heteroatoms. The molecule has 2 aromatic rings. The molecule has 0 spiro atoms. The van der Waals surface area contributed by atoms with Crippen LogP contribution in [0.2, 0.25) is 5.02 Å². The SMILES string of the molecule is Cc1ccc(-c2nc(C(=O)O)c(N)s2)cc1Cl. The number of anilines is 1. The van der Waals surface area contributed by atoms with Crippen molar-refractivity contribution in [3.8, 4) is 10.6 Å². The lowest BCUT2D eigenvalue weighted by atomic mass is 10.1. The third-order valence-corrected chi connectivity index (χ3v) is 3.62. The van der Waals surface area contributed by atoms with Crippen LogP contribution in [-0.2, 0) is 0 Å². The number of carboxylic acid groups (broad SMARTS) is 1.